The van der Waals surface area contributed by atoms with Gasteiger partial charge in [-0.25, -0.2) is 9.97 Å². The molecular weight excluding hydrogens is 376 g/mol. The van der Waals surface area contributed by atoms with E-state index in [1.165, 1.54) is 4.70 Å². The summed E-state index contributed by atoms with van der Waals surface area (Å²) in [5, 5.41) is 4.57. The van der Waals surface area contributed by atoms with Crippen LogP contribution in [0.15, 0.2) is 71.1 Å². The average molecular weight is 387 g/mol. The van der Waals surface area contributed by atoms with Gasteiger partial charge in [0.15, 0.2) is 0 Å². The van der Waals surface area contributed by atoms with E-state index in [0.717, 1.165) is 48.8 Å². The number of fused-ring (bicyclic) bond motifs is 6. The van der Waals surface area contributed by atoms with Crippen LogP contribution in [-0.2, 0) is 0 Å². The predicted octanol–water partition coefficient (Wildman–Crippen LogP) is 7.06. The molecule has 27 heavy (non-hydrogen) atoms. The predicted molar refractivity (Wildman–Crippen MR) is 113 cm³/mol. The molecule has 0 radical (unpaired) electrons. The highest BCUT2D eigenvalue weighted by Crippen LogP contribution is 2.42. The third kappa shape index (κ3) is 2.14. The van der Waals surface area contributed by atoms with E-state index < -0.39 is 0 Å². The van der Waals surface area contributed by atoms with Crippen molar-refractivity contribution in [2.24, 2.45) is 0 Å². The Hall–Kier alpha value is -2.95. The molecule has 0 aliphatic heterocycles. The Morgan fingerprint density at radius 3 is 2.44 bits per heavy atom. The monoisotopic (exact) mass is 386 g/mol. The van der Waals surface area contributed by atoms with Crippen molar-refractivity contribution in [3.05, 3.63) is 72.0 Å². The molecule has 5 heteroatoms. The van der Waals surface area contributed by atoms with Crippen LogP contribution < -0.4 is 0 Å². The minimum absolute atomic E-state index is 0.258. The summed E-state index contributed by atoms with van der Waals surface area (Å²) in [4.78, 5) is 10.0. The lowest BCUT2D eigenvalue weighted by Gasteiger charge is -2.06. The second-order valence-corrected chi connectivity index (χ2v) is 7.77. The van der Waals surface area contributed by atoms with Crippen LogP contribution in [0.2, 0.25) is 5.28 Å². The molecular formula is C22H11ClN2OS. The third-order valence-electron chi connectivity index (χ3n) is 4.87. The summed E-state index contributed by atoms with van der Waals surface area (Å²) < 4.78 is 7.23. The van der Waals surface area contributed by atoms with E-state index in [9.17, 15) is 0 Å². The van der Waals surface area contributed by atoms with Crippen LogP contribution in [0, 0.1) is 0 Å². The van der Waals surface area contributed by atoms with Crippen molar-refractivity contribution >= 4 is 65.2 Å². The first-order chi connectivity index (χ1) is 13.3. The Kier molecular flexibility index (Phi) is 3.10. The molecule has 0 spiro atoms. The SMILES string of the molecule is Clc1nc(-c2cccc3oc4ccccc4c23)c2c(n1)sc1ccccc12. The first-order valence-electron chi connectivity index (χ1n) is 8.55. The lowest BCUT2D eigenvalue weighted by Crippen LogP contribution is -1.90. The van der Waals surface area contributed by atoms with Crippen LogP contribution in [0.1, 0.15) is 0 Å². The number of hydrogen-bond donors (Lipinski definition) is 0. The molecule has 0 N–H and O–H groups in total. The highest BCUT2D eigenvalue weighted by molar-refractivity contribution is 7.25. The number of halogens is 1. The first kappa shape index (κ1) is 15.1. The van der Waals surface area contributed by atoms with Gasteiger partial charge in [-0.2, -0.15) is 0 Å². The molecule has 128 valence electrons. The van der Waals surface area contributed by atoms with Crippen LogP contribution in [0.3, 0.4) is 0 Å². The Morgan fingerprint density at radius 1 is 0.741 bits per heavy atom. The van der Waals surface area contributed by atoms with E-state index in [1.807, 2.05) is 42.5 Å². The Balaban J connectivity index is 1.83. The summed E-state index contributed by atoms with van der Waals surface area (Å²) in [6, 6.07) is 22.4. The molecule has 3 heterocycles. The number of para-hydroxylation sites is 1. The maximum absolute atomic E-state index is 6.31. The summed E-state index contributed by atoms with van der Waals surface area (Å²) in [5.41, 5.74) is 3.57. The lowest BCUT2D eigenvalue weighted by molar-refractivity contribution is 0.669. The third-order valence-corrected chi connectivity index (χ3v) is 6.10. The van der Waals surface area contributed by atoms with Crippen molar-refractivity contribution in [1.29, 1.82) is 0 Å². The van der Waals surface area contributed by atoms with Gasteiger partial charge in [0.1, 0.15) is 16.0 Å². The molecule has 0 saturated carbocycles. The zero-order valence-corrected chi connectivity index (χ0v) is 15.5. The van der Waals surface area contributed by atoms with Gasteiger partial charge in [0.25, 0.3) is 0 Å². The summed E-state index contributed by atoms with van der Waals surface area (Å²) in [6.07, 6.45) is 0. The largest absolute Gasteiger partial charge is 0.456 e. The summed E-state index contributed by atoms with van der Waals surface area (Å²) >= 11 is 7.94. The molecule has 0 amide bonds. The van der Waals surface area contributed by atoms with E-state index in [1.54, 1.807) is 11.3 Å². The quantitative estimate of drug-likeness (QED) is 0.284. The van der Waals surface area contributed by atoms with E-state index in [4.69, 9.17) is 16.0 Å². The highest BCUT2D eigenvalue weighted by atomic mass is 35.5. The van der Waals surface area contributed by atoms with Crippen molar-refractivity contribution in [3.8, 4) is 11.3 Å². The summed E-state index contributed by atoms with van der Waals surface area (Å²) in [5.74, 6) is 0. The van der Waals surface area contributed by atoms with Crippen LogP contribution in [0.25, 0.3) is 53.5 Å². The van der Waals surface area contributed by atoms with Gasteiger partial charge >= 0.3 is 0 Å². The van der Waals surface area contributed by atoms with Gasteiger partial charge < -0.3 is 4.42 Å². The molecule has 3 aromatic carbocycles. The molecule has 0 atom stereocenters. The number of furan rings is 1. The maximum atomic E-state index is 6.31. The Bertz CT molecular complexity index is 1500. The van der Waals surface area contributed by atoms with Gasteiger partial charge in [0.2, 0.25) is 5.28 Å². The molecule has 0 aliphatic carbocycles. The molecule has 0 saturated heterocycles. The lowest BCUT2D eigenvalue weighted by atomic mass is 10.0. The van der Waals surface area contributed by atoms with Crippen molar-refractivity contribution < 1.29 is 4.42 Å². The molecule has 0 aliphatic rings. The summed E-state index contributed by atoms with van der Waals surface area (Å²) in [6.45, 7) is 0. The smallest absolute Gasteiger partial charge is 0.224 e. The maximum Gasteiger partial charge on any atom is 0.224 e. The number of rotatable bonds is 1. The first-order valence-corrected chi connectivity index (χ1v) is 9.74. The van der Waals surface area contributed by atoms with E-state index in [0.29, 0.717) is 0 Å². The summed E-state index contributed by atoms with van der Waals surface area (Å²) in [7, 11) is 0. The van der Waals surface area contributed by atoms with Crippen LogP contribution in [0.5, 0.6) is 0 Å². The van der Waals surface area contributed by atoms with Gasteiger partial charge in [-0.3, -0.25) is 0 Å². The fraction of sp³-hybridized carbons (Fsp3) is 0. The molecule has 0 bridgehead atoms. The van der Waals surface area contributed by atoms with Crippen molar-refractivity contribution in [1.82, 2.24) is 9.97 Å². The van der Waals surface area contributed by atoms with Crippen LogP contribution in [-0.4, -0.2) is 9.97 Å². The molecule has 3 aromatic heterocycles. The van der Waals surface area contributed by atoms with Crippen molar-refractivity contribution in [3.63, 3.8) is 0 Å². The normalized spacial score (nSPS) is 11.9. The van der Waals surface area contributed by atoms with Crippen molar-refractivity contribution in [2.45, 2.75) is 0 Å². The molecule has 0 fully saturated rings. The molecule has 6 rings (SSSR count). The van der Waals surface area contributed by atoms with E-state index in [-0.39, 0.29) is 5.28 Å². The number of hydrogen-bond acceptors (Lipinski definition) is 4. The average Bonchev–Trinajstić information content (AvgIpc) is 3.25. The second-order valence-electron chi connectivity index (χ2n) is 6.40. The van der Waals surface area contributed by atoms with E-state index >= 15 is 0 Å². The Morgan fingerprint density at radius 2 is 1.52 bits per heavy atom. The Labute approximate surface area is 162 Å². The minimum Gasteiger partial charge on any atom is -0.456 e. The highest BCUT2D eigenvalue weighted by Gasteiger charge is 2.19. The number of thiophene rings is 1. The van der Waals surface area contributed by atoms with Gasteiger partial charge in [-0.15, -0.1) is 11.3 Å². The van der Waals surface area contributed by atoms with Gasteiger partial charge in [-0.05, 0) is 29.8 Å². The standard InChI is InChI=1S/C22H11ClN2OS/c23-22-24-20(19-13-7-2-4-11-17(13)27-21(19)25-22)14-8-5-10-16-18(14)12-6-1-3-9-15(12)26-16/h1-11H. The van der Waals surface area contributed by atoms with Gasteiger partial charge in [-0.1, -0.05) is 48.5 Å². The second kappa shape index (κ2) is 5.52. The van der Waals surface area contributed by atoms with Crippen LogP contribution in [0.4, 0.5) is 0 Å². The topological polar surface area (TPSA) is 38.9 Å². The zero-order chi connectivity index (χ0) is 18.0. The van der Waals surface area contributed by atoms with E-state index in [2.05, 4.69) is 34.2 Å². The van der Waals surface area contributed by atoms with Gasteiger partial charge in [0, 0.05) is 31.8 Å². The molecule has 3 nitrogen and oxygen atoms in total. The van der Waals surface area contributed by atoms with Gasteiger partial charge in [0.05, 0.1) is 5.69 Å². The molecule has 6 aromatic rings. The zero-order valence-electron chi connectivity index (χ0n) is 13.9. The van der Waals surface area contributed by atoms with Crippen molar-refractivity contribution in [2.75, 3.05) is 0 Å². The number of benzene rings is 3. The fourth-order valence-electron chi connectivity index (χ4n) is 3.76. The fourth-order valence-corrected chi connectivity index (χ4v) is 5.06. The minimum atomic E-state index is 0.258. The molecule has 0 unspecified atom stereocenters. The number of nitrogens with zero attached hydrogens (tertiary/aromatic N) is 2. The van der Waals surface area contributed by atoms with Crippen LogP contribution >= 0.6 is 22.9 Å². The number of aromatic nitrogens is 2.